The van der Waals surface area contributed by atoms with E-state index in [1.807, 2.05) is 0 Å². The normalized spacial score (nSPS) is 22.4. The molecule has 2 N–H and O–H groups in total. The minimum Gasteiger partial charge on any atom is -0.392 e. The summed E-state index contributed by atoms with van der Waals surface area (Å²) in [6, 6.07) is 0. The van der Waals surface area contributed by atoms with Crippen molar-refractivity contribution in [1.29, 1.82) is 0 Å². The van der Waals surface area contributed by atoms with E-state index >= 15 is 0 Å². The molecule has 1 saturated heterocycles. The SMILES string of the molecule is COC1(OC)CN(CCNCC(C)O)C1. The average Bonchev–Trinajstić information content (AvgIpc) is 2.15. The van der Waals surface area contributed by atoms with E-state index < -0.39 is 0 Å². The van der Waals surface area contributed by atoms with E-state index in [0.29, 0.717) is 6.54 Å². The Morgan fingerprint density at radius 2 is 2.00 bits per heavy atom. The molecule has 1 unspecified atom stereocenters. The number of aliphatic hydroxyl groups excluding tert-OH is 1. The van der Waals surface area contributed by atoms with Crippen LogP contribution in [0.4, 0.5) is 0 Å². The Balaban J connectivity index is 2.02. The van der Waals surface area contributed by atoms with Gasteiger partial charge in [-0.25, -0.2) is 0 Å². The zero-order valence-corrected chi connectivity index (χ0v) is 9.82. The molecule has 1 atom stereocenters. The quantitative estimate of drug-likeness (QED) is 0.435. The lowest BCUT2D eigenvalue weighted by molar-refractivity contribution is -0.274. The van der Waals surface area contributed by atoms with Crippen LogP contribution in [-0.4, -0.2) is 68.8 Å². The van der Waals surface area contributed by atoms with Crippen LogP contribution in [-0.2, 0) is 9.47 Å². The molecule has 0 spiro atoms. The minimum absolute atomic E-state index is 0.279. The molecule has 1 rings (SSSR count). The highest BCUT2D eigenvalue weighted by molar-refractivity contribution is 4.89. The van der Waals surface area contributed by atoms with Crippen LogP contribution >= 0.6 is 0 Å². The fourth-order valence-corrected chi connectivity index (χ4v) is 1.68. The Bertz CT molecular complexity index is 176. The molecule has 0 radical (unpaired) electrons. The Kier molecular flexibility index (Phi) is 4.95. The van der Waals surface area contributed by atoms with Gasteiger partial charge in [0, 0.05) is 33.9 Å². The maximum absolute atomic E-state index is 9.03. The molecule has 1 heterocycles. The van der Waals surface area contributed by atoms with Crippen molar-refractivity contribution >= 4 is 0 Å². The maximum Gasteiger partial charge on any atom is 0.193 e. The molecule has 15 heavy (non-hydrogen) atoms. The summed E-state index contributed by atoms with van der Waals surface area (Å²) in [4.78, 5) is 2.25. The van der Waals surface area contributed by atoms with Crippen molar-refractivity contribution in [3.8, 4) is 0 Å². The number of aliphatic hydroxyl groups is 1. The van der Waals surface area contributed by atoms with Gasteiger partial charge in [0.25, 0.3) is 0 Å². The number of likely N-dealkylation sites (tertiary alicyclic amines) is 1. The molecule has 0 saturated carbocycles. The zero-order valence-electron chi connectivity index (χ0n) is 9.82. The number of nitrogens with one attached hydrogen (secondary N) is 1. The molecule has 0 aromatic rings. The standard InChI is InChI=1S/C10H22N2O3/c1-9(13)6-11-4-5-12-7-10(8-12,14-2)15-3/h9,11,13H,4-8H2,1-3H3. The molecule has 90 valence electrons. The van der Waals surface area contributed by atoms with Crippen LogP contribution < -0.4 is 5.32 Å². The molecule has 0 aliphatic carbocycles. The van der Waals surface area contributed by atoms with Crippen LogP contribution in [0.1, 0.15) is 6.92 Å². The minimum atomic E-state index is -0.385. The number of rotatable bonds is 7. The monoisotopic (exact) mass is 218 g/mol. The largest absolute Gasteiger partial charge is 0.392 e. The number of methoxy groups -OCH3 is 2. The Morgan fingerprint density at radius 1 is 1.40 bits per heavy atom. The summed E-state index contributed by atoms with van der Waals surface area (Å²) >= 11 is 0. The van der Waals surface area contributed by atoms with E-state index in [9.17, 15) is 0 Å². The first-order valence-corrected chi connectivity index (χ1v) is 5.33. The molecule has 0 aromatic carbocycles. The van der Waals surface area contributed by atoms with Crippen molar-refractivity contribution in [1.82, 2.24) is 10.2 Å². The highest BCUT2D eigenvalue weighted by atomic mass is 16.7. The van der Waals surface area contributed by atoms with Gasteiger partial charge in [-0.3, -0.25) is 4.90 Å². The molecule has 5 nitrogen and oxygen atoms in total. The zero-order chi connectivity index (χ0) is 11.3. The van der Waals surface area contributed by atoms with Crippen LogP contribution in [0.5, 0.6) is 0 Å². The van der Waals surface area contributed by atoms with Crippen LogP contribution in [0.15, 0.2) is 0 Å². The van der Waals surface area contributed by atoms with E-state index in [1.165, 1.54) is 0 Å². The summed E-state index contributed by atoms with van der Waals surface area (Å²) in [5, 5.41) is 12.2. The summed E-state index contributed by atoms with van der Waals surface area (Å²) in [5.41, 5.74) is 0. The molecule has 1 aliphatic rings. The number of nitrogens with zero attached hydrogens (tertiary/aromatic N) is 1. The molecule has 1 aliphatic heterocycles. The smallest absolute Gasteiger partial charge is 0.193 e. The topological polar surface area (TPSA) is 54.0 Å². The molecule has 0 bridgehead atoms. The van der Waals surface area contributed by atoms with Crippen molar-refractivity contribution in [2.24, 2.45) is 0 Å². The van der Waals surface area contributed by atoms with E-state index in [0.717, 1.165) is 26.2 Å². The van der Waals surface area contributed by atoms with Crippen molar-refractivity contribution in [3.05, 3.63) is 0 Å². The fraction of sp³-hybridized carbons (Fsp3) is 1.00. The summed E-state index contributed by atoms with van der Waals surface area (Å²) in [6.45, 7) is 5.90. The third-order valence-electron chi connectivity index (χ3n) is 2.72. The molecule has 0 aromatic heterocycles. The van der Waals surface area contributed by atoms with Gasteiger partial charge in [-0.2, -0.15) is 0 Å². The second-order valence-electron chi connectivity index (χ2n) is 4.08. The number of hydrogen-bond donors (Lipinski definition) is 2. The molecular weight excluding hydrogens is 196 g/mol. The van der Waals surface area contributed by atoms with Gasteiger partial charge in [0.05, 0.1) is 19.2 Å². The predicted octanol–water partition coefficient (Wildman–Crippen LogP) is -0.738. The third-order valence-corrected chi connectivity index (χ3v) is 2.72. The van der Waals surface area contributed by atoms with Crippen molar-refractivity contribution in [3.63, 3.8) is 0 Å². The predicted molar refractivity (Wildman–Crippen MR) is 57.7 cm³/mol. The van der Waals surface area contributed by atoms with Crippen LogP contribution in [0.25, 0.3) is 0 Å². The van der Waals surface area contributed by atoms with Gasteiger partial charge >= 0.3 is 0 Å². The lowest BCUT2D eigenvalue weighted by Gasteiger charge is -2.47. The van der Waals surface area contributed by atoms with E-state index in [-0.39, 0.29) is 11.9 Å². The van der Waals surface area contributed by atoms with Crippen molar-refractivity contribution in [2.75, 3.05) is 46.9 Å². The summed E-state index contributed by atoms with van der Waals surface area (Å²) in [7, 11) is 3.35. The number of ether oxygens (including phenoxy) is 2. The van der Waals surface area contributed by atoms with E-state index in [4.69, 9.17) is 14.6 Å². The highest BCUT2D eigenvalue weighted by Crippen LogP contribution is 2.24. The van der Waals surface area contributed by atoms with Gasteiger partial charge in [-0.15, -0.1) is 0 Å². The lowest BCUT2D eigenvalue weighted by atomic mass is 10.1. The third kappa shape index (κ3) is 3.70. The van der Waals surface area contributed by atoms with Gasteiger partial charge < -0.3 is 19.9 Å². The Morgan fingerprint density at radius 3 is 2.47 bits per heavy atom. The molecular formula is C10H22N2O3. The molecule has 5 heteroatoms. The molecule has 1 fully saturated rings. The first-order chi connectivity index (χ1) is 7.12. The number of hydrogen-bond acceptors (Lipinski definition) is 5. The Hall–Kier alpha value is -0.200. The highest BCUT2D eigenvalue weighted by Gasteiger charge is 2.43. The Labute approximate surface area is 91.3 Å². The van der Waals surface area contributed by atoms with Gasteiger partial charge in [-0.1, -0.05) is 0 Å². The first kappa shape index (κ1) is 12.9. The molecule has 0 amide bonds. The van der Waals surface area contributed by atoms with Crippen molar-refractivity contribution < 1.29 is 14.6 Å². The second-order valence-corrected chi connectivity index (χ2v) is 4.08. The second kappa shape index (κ2) is 5.77. The van der Waals surface area contributed by atoms with Gasteiger partial charge in [-0.05, 0) is 6.92 Å². The maximum atomic E-state index is 9.03. The van der Waals surface area contributed by atoms with Gasteiger partial charge in [0.15, 0.2) is 5.79 Å². The van der Waals surface area contributed by atoms with Crippen LogP contribution in [0.2, 0.25) is 0 Å². The fourth-order valence-electron chi connectivity index (χ4n) is 1.68. The van der Waals surface area contributed by atoms with Crippen molar-refractivity contribution in [2.45, 2.75) is 18.8 Å². The van der Waals surface area contributed by atoms with Gasteiger partial charge in [0.2, 0.25) is 0 Å². The lowest BCUT2D eigenvalue weighted by Crippen LogP contribution is -2.64. The first-order valence-electron chi connectivity index (χ1n) is 5.33. The van der Waals surface area contributed by atoms with Gasteiger partial charge in [0.1, 0.15) is 0 Å². The van der Waals surface area contributed by atoms with Crippen LogP contribution in [0.3, 0.4) is 0 Å². The van der Waals surface area contributed by atoms with E-state index in [2.05, 4.69) is 10.2 Å². The summed E-state index contributed by atoms with van der Waals surface area (Å²) < 4.78 is 10.5. The summed E-state index contributed by atoms with van der Waals surface area (Å²) in [5.74, 6) is -0.385. The van der Waals surface area contributed by atoms with Crippen LogP contribution in [0, 0.1) is 0 Å². The summed E-state index contributed by atoms with van der Waals surface area (Å²) in [6.07, 6.45) is -0.279. The van der Waals surface area contributed by atoms with E-state index in [1.54, 1.807) is 21.1 Å². The average molecular weight is 218 g/mol.